The van der Waals surface area contributed by atoms with E-state index in [1.54, 1.807) is 12.1 Å². The van der Waals surface area contributed by atoms with Gasteiger partial charge in [0.15, 0.2) is 11.4 Å². The number of nitrogens with one attached hydrogen (secondary N) is 1. The number of ether oxygens (including phenoxy) is 1. The average Bonchev–Trinajstić information content (AvgIpc) is 2.86. The van der Waals surface area contributed by atoms with E-state index in [4.69, 9.17) is 9.15 Å². The van der Waals surface area contributed by atoms with Gasteiger partial charge in [-0.2, -0.15) is 0 Å². The van der Waals surface area contributed by atoms with Crippen molar-refractivity contribution >= 4 is 16.9 Å². The smallest absolute Gasteiger partial charge is 0.417 e. The van der Waals surface area contributed by atoms with Crippen LogP contribution in [0.3, 0.4) is 0 Å². The van der Waals surface area contributed by atoms with Gasteiger partial charge in [0.2, 0.25) is 0 Å². The fraction of sp³-hybridized carbons (Fsp3) is 0.125. The maximum absolute atomic E-state index is 11.5. The molecular weight excluding hydrogens is 270 g/mol. The number of aromatic nitrogens is 1. The van der Waals surface area contributed by atoms with Crippen LogP contribution in [0, 0.1) is 0 Å². The molecule has 0 atom stereocenters. The predicted octanol–water partition coefficient (Wildman–Crippen LogP) is 2.90. The molecule has 0 saturated heterocycles. The van der Waals surface area contributed by atoms with Crippen molar-refractivity contribution in [1.82, 2.24) is 4.98 Å². The van der Waals surface area contributed by atoms with Crippen LogP contribution < -0.4 is 10.5 Å². The number of fused-ring (bicyclic) bond motifs is 1. The molecule has 0 amide bonds. The minimum atomic E-state index is -0.608. The van der Waals surface area contributed by atoms with Gasteiger partial charge in [0.25, 0.3) is 0 Å². The molecule has 0 unspecified atom stereocenters. The molecule has 0 saturated carbocycles. The van der Waals surface area contributed by atoms with Gasteiger partial charge in [-0.05, 0) is 24.6 Å². The average molecular weight is 283 g/mol. The van der Waals surface area contributed by atoms with Crippen LogP contribution >= 0.6 is 0 Å². The van der Waals surface area contributed by atoms with Crippen LogP contribution in [0.5, 0.6) is 5.75 Å². The van der Waals surface area contributed by atoms with Crippen molar-refractivity contribution in [2.45, 2.75) is 13.5 Å². The fourth-order valence-electron chi connectivity index (χ4n) is 2.14. The number of H-pyrrole nitrogens is 1. The van der Waals surface area contributed by atoms with Gasteiger partial charge in [0, 0.05) is 0 Å². The quantitative estimate of drug-likeness (QED) is 0.747. The van der Waals surface area contributed by atoms with E-state index < -0.39 is 5.76 Å². The second-order valence-electron chi connectivity index (χ2n) is 4.66. The maximum Gasteiger partial charge on any atom is 0.417 e. The number of hydrogen-bond acceptors (Lipinski definition) is 4. The Morgan fingerprint density at radius 1 is 1.19 bits per heavy atom. The highest BCUT2D eigenvalue weighted by Crippen LogP contribution is 2.27. The number of benzene rings is 2. The van der Waals surface area contributed by atoms with Crippen molar-refractivity contribution in [2.75, 3.05) is 0 Å². The summed E-state index contributed by atoms with van der Waals surface area (Å²) in [6, 6.07) is 12.9. The lowest BCUT2D eigenvalue weighted by Gasteiger charge is -2.07. The molecule has 1 heterocycles. The first kappa shape index (κ1) is 13.2. The molecule has 2 aromatic carbocycles. The number of Topliss-reactive ketones (excluding diaryl/α,β-unsaturated/α-hetero) is 1. The highest BCUT2D eigenvalue weighted by Gasteiger charge is 2.15. The summed E-state index contributed by atoms with van der Waals surface area (Å²) in [7, 11) is 0. The molecule has 3 aromatic rings. The molecule has 0 fully saturated rings. The lowest BCUT2D eigenvalue weighted by Crippen LogP contribution is -1.98. The number of rotatable bonds is 4. The predicted molar refractivity (Wildman–Crippen MR) is 77.6 cm³/mol. The van der Waals surface area contributed by atoms with E-state index in [9.17, 15) is 9.59 Å². The Balaban J connectivity index is 1.98. The summed E-state index contributed by atoms with van der Waals surface area (Å²) in [5, 5.41) is 0. The van der Waals surface area contributed by atoms with Gasteiger partial charge in [0.05, 0.1) is 5.56 Å². The second kappa shape index (κ2) is 5.28. The zero-order chi connectivity index (χ0) is 14.8. The molecule has 1 N–H and O–H groups in total. The summed E-state index contributed by atoms with van der Waals surface area (Å²) < 4.78 is 10.8. The van der Waals surface area contributed by atoms with Crippen LogP contribution in [0.15, 0.2) is 51.7 Å². The monoisotopic (exact) mass is 283 g/mol. The Labute approximate surface area is 120 Å². The number of aromatic amines is 1. The molecule has 0 radical (unpaired) electrons. The molecule has 5 nitrogen and oxygen atoms in total. The van der Waals surface area contributed by atoms with E-state index in [1.807, 2.05) is 30.3 Å². The summed E-state index contributed by atoms with van der Waals surface area (Å²) in [5.74, 6) is -0.301. The largest absolute Gasteiger partial charge is 0.487 e. The summed E-state index contributed by atoms with van der Waals surface area (Å²) in [6.07, 6.45) is 0. The topological polar surface area (TPSA) is 72.3 Å². The third-order valence-electron chi connectivity index (χ3n) is 3.16. The summed E-state index contributed by atoms with van der Waals surface area (Å²) >= 11 is 0. The summed E-state index contributed by atoms with van der Waals surface area (Å²) in [4.78, 5) is 25.5. The van der Waals surface area contributed by atoms with Crippen molar-refractivity contribution in [1.29, 1.82) is 0 Å². The van der Waals surface area contributed by atoms with E-state index in [0.29, 0.717) is 23.4 Å². The Morgan fingerprint density at radius 3 is 2.67 bits per heavy atom. The SMILES string of the molecule is CC(=O)c1ccc(OCc2ccccc2)c2[nH]c(=O)oc12. The molecule has 3 rings (SSSR count). The molecule has 5 heteroatoms. The van der Waals surface area contributed by atoms with Crippen LogP contribution in [-0.2, 0) is 6.61 Å². The zero-order valence-electron chi connectivity index (χ0n) is 11.4. The van der Waals surface area contributed by atoms with E-state index in [1.165, 1.54) is 6.92 Å². The lowest BCUT2D eigenvalue weighted by molar-refractivity contribution is 0.101. The molecule has 0 aliphatic carbocycles. The second-order valence-corrected chi connectivity index (χ2v) is 4.66. The van der Waals surface area contributed by atoms with Crippen LogP contribution in [0.1, 0.15) is 22.8 Å². The Morgan fingerprint density at radius 2 is 1.95 bits per heavy atom. The molecule has 0 aliphatic heterocycles. The highest BCUT2D eigenvalue weighted by atomic mass is 16.5. The van der Waals surface area contributed by atoms with Crippen molar-refractivity contribution < 1.29 is 13.9 Å². The number of hydrogen-bond donors (Lipinski definition) is 1. The number of ketones is 1. The standard InChI is InChI=1S/C16H13NO4/c1-10(18)12-7-8-13(14-15(12)21-16(19)17-14)20-9-11-5-3-2-4-6-11/h2-8H,9H2,1H3,(H,17,19). The van der Waals surface area contributed by atoms with E-state index in [0.717, 1.165) is 5.56 Å². The van der Waals surface area contributed by atoms with Crippen molar-refractivity contribution in [3.63, 3.8) is 0 Å². The van der Waals surface area contributed by atoms with E-state index >= 15 is 0 Å². The summed E-state index contributed by atoms with van der Waals surface area (Å²) in [5.41, 5.74) is 2.00. The van der Waals surface area contributed by atoms with Crippen molar-refractivity contribution in [3.05, 3.63) is 64.1 Å². The number of carbonyl (C=O) groups excluding carboxylic acids is 1. The number of oxazole rings is 1. The van der Waals surface area contributed by atoms with Gasteiger partial charge in [-0.1, -0.05) is 30.3 Å². The molecule has 1 aromatic heterocycles. The molecule has 0 bridgehead atoms. The third-order valence-corrected chi connectivity index (χ3v) is 3.16. The van der Waals surface area contributed by atoms with Crippen LogP contribution in [0.2, 0.25) is 0 Å². The minimum Gasteiger partial charge on any atom is -0.487 e. The molecule has 0 aliphatic rings. The minimum absolute atomic E-state index is 0.169. The first-order valence-electron chi connectivity index (χ1n) is 6.48. The first-order valence-corrected chi connectivity index (χ1v) is 6.48. The molecular formula is C16H13NO4. The van der Waals surface area contributed by atoms with Crippen LogP contribution in [-0.4, -0.2) is 10.8 Å². The van der Waals surface area contributed by atoms with Crippen LogP contribution in [0.4, 0.5) is 0 Å². The fourth-order valence-corrected chi connectivity index (χ4v) is 2.14. The molecule has 0 spiro atoms. The van der Waals surface area contributed by atoms with Crippen molar-refractivity contribution in [3.8, 4) is 5.75 Å². The van der Waals surface area contributed by atoms with E-state index in [-0.39, 0.29) is 11.4 Å². The van der Waals surface area contributed by atoms with Crippen molar-refractivity contribution in [2.24, 2.45) is 0 Å². The van der Waals surface area contributed by atoms with Crippen LogP contribution in [0.25, 0.3) is 11.1 Å². The van der Waals surface area contributed by atoms with Gasteiger partial charge >= 0.3 is 5.76 Å². The molecule has 21 heavy (non-hydrogen) atoms. The highest BCUT2D eigenvalue weighted by molar-refractivity contribution is 6.05. The Kier molecular flexibility index (Phi) is 3.31. The number of carbonyl (C=O) groups is 1. The van der Waals surface area contributed by atoms with Gasteiger partial charge < -0.3 is 9.15 Å². The van der Waals surface area contributed by atoms with E-state index in [2.05, 4.69) is 4.98 Å². The van der Waals surface area contributed by atoms with Gasteiger partial charge in [0.1, 0.15) is 17.9 Å². The maximum atomic E-state index is 11.5. The van der Waals surface area contributed by atoms with Gasteiger partial charge in [-0.15, -0.1) is 0 Å². The molecule has 106 valence electrons. The Bertz CT molecular complexity index is 846. The lowest BCUT2D eigenvalue weighted by atomic mass is 10.1. The summed E-state index contributed by atoms with van der Waals surface area (Å²) in [6.45, 7) is 1.79. The van der Waals surface area contributed by atoms with Gasteiger partial charge in [-0.3, -0.25) is 9.78 Å². The normalized spacial score (nSPS) is 10.7. The zero-order valence-corrected chi connectivity index (χ0v) is 11.4. The van der Waals surface area contributed by atoms with Gasteiger partial charge in [-0.25, -0.2) is 4.79 Å². The Hall–Kier alpha value is -2.82. The third kappa shape index (κ3) is 2.58. The first-order chi connectivity index (χ1) is 10.1.